The predicted molar refractivity (Wildman–Crippen MR) is 80.1 cm³/mol. The van der Waals surface area contributed by atoms with E-state index in [1.165, 1.54) is 10.6 Å². The lowest BCUT2D eigenvalue weighted by molar-refractivity contribution is 0.196. The zero-order valence-electron chi connectivity index (χ0n) is 12.6. The normalized spacial score (nSPS) is 12.7. The van der Waals surface area contributed by atoms with E-state index in [0.717, 1.165) is 19.6 Å². The van der Waals surface area contributed by atoms with E-state index in [-0.39, 0.29) is 5.41 Å². The van der Waals surface area contributed by atoms with Crippen molar-refractivity contribution < 1.29 is 0 Å². The van der Waals surface area contributed by atoms with Crippen LogP contribution in [0.1, 0.15) is 38.3 Å². The van der Waals surface area contributed by atoms with Crippen molar-refractivity contribution in [3.8, 4) is 0 Å². The summed E-state index contributed by atoms with van der Waals surface area (Å²) in [6, 6.07) is 0.554. The lowest BCUT2D eigenvalue weighted by Crippen LogP contribution is -2.40. The number of hydrogen-bond donors (Lipinski definition) is 1. The van der Waals surface area contributed by atoms with E-state index < -0.39 is 0 Å². The van der Waals surface area contributed by atoms with Crippen LogP contribution in [0.5, 0.6) is 0 Å². The molecule has 1 N–H and O–H groups in total. The Morgan fingerprint density at radius 3 is 2.61 bits per heavy atom. The van der Waals surface area contributed by atoms with Crippen LogP contribution in [0.15, 0.2) is 5.51 Å². The molecule has 3 nitrogen and oxygen atoms in total. The minimum Gasteiger partial charge on any atom is -0.314 e. The molecule has 0 unspecified atom stereocenters. The molecule has 0 fully saturated rings. The van der Waals surface area contributed by atoms with Gasteiger partial charge in [0.1, 0.15) is 0 Å². The molecule has 0 aromatic carbocycles. The summed E-state index contributed by atoms with van der Waals surface area (Å²) in [5.41, 5.74) is 3.40. The third-order valence-corrected chi connectivity index (χ3v) is 3.87. The Balaban J connectivity index is 2.43. The molecule has 1 rings (SSSR count). The first-order valence-corrected chi connectivity index (χ1v) is 7.49. The summed E-state index contributed by atoms with van der Waals surface area (Å²) in [5, 5.41) is 3.52. The number of rotatable bonds is 7. The molecule has 0 amide bonds. The monoisotopic (exact) mass is 269 g/mol. The van der Waals surface area contributed by atoms with Crippen molar-refractivity contribution in [3.63, 3.8) is 0 Å². The zero-order chi connectivity index (χ0) is 13.8. The summed E-state index contributed by atoms with van der Waals surface area (Å²) in [6.07, 6.45) is 0. The number of aryl methyl sites for hydroxylation is 1. The third kappa shape index (κ3) is 5.46. The van der Waals surface area contributed by atoms with Gasteiger partial charge in [-0.15, -0.1) is 11.3 Å². The Bertz CT molecular complexity index is 358. The second-order valence-electron chi connectivity index (χ2n) is 6.23. The molecule has 0 radical (unpaired) electrons. The van der Waals surface area contributed by atoms with Crippen LogP contribution in [0, 0.1) is 12.3 Å². The molecule has 4 heteroatoms. The Morgan fingerprint density at radius 1 is 1.44 bits per heavy atom. The summed E-state index contributed by atoms with van der Waals surface area (Å²) < 4.78 is 0. The summed E-state index contributed by atoms with van der Waals surface area (Å²) in [4.78, 5) is 8.08. The first-order valence-electron chi connectivity index (χ1n) is 6.61. The minimum absolute atomic E-state index is 0.289. The Hall–Kier alpha value is -0.450. The third-order valence-electron chi connectivity index (χ3n) is 2.95. The molecule has 0 aliphatic carbocycles. The van der Waals surface area contributed by atoms with Crippen LogP contribution in [0.4, 0.5) is 0 Å². The summed E-state index contributed by atoms with van der Waals surface area (Å²) in [7, 11) is 2.19. The molecule has 0 spiro atoms. The summed E-state index contributed by atoms with van der Waals surface area (Å²) in [6.45, 7) is 14.3. The fraction of sp³-hybridized carbons (Fsp3) is 0.786. The maximum absolute atomic E-state index is 4.31. The standard InChI is InChI=1S/C14H27N3S/c1-11(2)15-8-14(4,5)9-17(6)7-13-12(3)16-10-18-13/h10-11,15H,7-9H2,1-6H3. The first-order chi connectivity index (χ1) is 8.30. The Morgan fingerprint density at radius 2 is 2.11 bits per heavy atom. The zero-order valence-corrected chi connectivity index (χ0v) is 13.4. The summed E-state index contributed by atoms with van der Waals surface area (Å²) >= 11 is 1.75. The van der Waals surface area contributed by atoms with Gasteiger partial charge in [-0.05, 0) is 19.4 Å². The molecule has 0 saturated carbocycles. The lowest BCUT2D eigenvalue weighted by Gasteiger charge is -2.31. The van der Waals surface area contributed by atoms with Gasteiger partial charge in [-0.1, -0.05) is 27.7 Å². The van der Waals surface area contributed by atoms with Crippen molar-refractivity contribution in [3.05, 3.63) is 16.1 Å². The molecule has 0 saturated heterocycles. The van der Waals surface area contributed by atoms with E-state index in [1.54, 1.807) is 11.3 Å². The SMILES string of the molecule is Cc1ncsc1CN(C)CC(C)(C)CNC(C)C. The highest BCUT2D eigenvalue weighted by atomic mass is 32.1. The molecule has 0 aliphatic heterocycles. The molecule has 0 atom stereocenters. The number of hydrogen-bond acceptors (Lipinski definition) is 4. The largest absolute Gasteiger partial charge is 0.314 e. The van der Waals surface area contributed by atoms with Gasteiger partial charge in [-0.25, -0.2) is 4.98 Å². The van der Waals surface area contributed by atoms with Crippen LogP contribution in [-0.2, 0) is 6.54 Å². The maximum atomic E-state index is 4.31. The fourth-order valence-corrected chi connectivity index (χ4v) is 2.90. The second kappa shape index (κ2) is 6.64. The summed E-state index contributed by atoms with van der Waals surface area (Å²) in [5.74, 6) is 0. The Kier molecular flexibility index (Phi) is 5.76. The predicted octanol–water partition coefficient (Wildman–Crippen LogP) is 2.91. The lowest BCUT2D eigenvalue weighted by atomic mass is 9.92. The number of thiazole rings is 1. The fourth-order valence-electron chi connectivity index (χ4n) is 2.05. The van der Waals surface area contributed by atoms with E-state index in [9.17, 15) is 0 Å². The van der Waals surface area contributed by atoms with Gasteiger partial charge in [0.15, 0.2) is 0 Å². The maximum Gasteiger partial charge on any atom is 0.0798 e. The number of nitrogens with one attached hydrogen (secondary N) is 1. The van der Waals surface area contributed by atoms with Crippen LogP contribution in [-0.4, -0.2) is 36.1 Å². The smallest absolute Gasteiger partial charge is 0.0798 e. The minimum atomic E-state index is 0.289. The molecule has 104 valence electrons. The molecule has 18 heavy (non-hydrogen) atoms. The molecule has 1 aromatic heterocycles. The van der Waals surface area contributed by atoms with Gasteiger partial charge in [-0.2, -0.15) is 0 Å². The van der Waals surface area contributed by atoms with Crippen molar-refractivity contribution in [2.45, 2.75) is 47.2 Å². The van der Waals surface area contributed by atoms with Crippen molar-refractivity contribution in [1.29, 1.82) is 0 Å². The number of nitrogens with zero attached hydrogens (tertiary/aromatic N) is 2. The van der Waals surface area contributed by atoms with E-state index in [1.807, 2.05) is 5.51 Å². The van der Waals surface area contributed by atoms with Gasteiger partial charge in [-0.3, -0.25) is 0 Å². The van der Waals surface area contributed by atoms with E-state index in [0.29, 0.717) is 6.04 Å². The molecular formula is C14H27N3S. The van der Waals surface area contributed by atoms with Crippen LogP contribution in [0.25, 0.3) is 0 Å². The van der Waals surface area contributed by atoms with Crippen LogP contribution in [0.2, 0.25) is 0 Å². The van der Waals surface area contributed by atoms with Gasteiger partial charge < -0.3 is 10.2 Å². The molecule has 1 heterocycles. The van der Waals surface area contributed by atoms with Crippen molar-refractivity contribution in [2.24, 2.45) is 5.41 Å². The second-order valence-corrected chi connectivity index (χ2v) is 7.17. The molecule has 1 aromatic rings. The van der Waals surface area contributed by atoms with Crippen LogP contribution >= 0.6 is 11.3 Å². The van der Waals surface area contributed by atoms with Gasteiger partial charge in [0.25, 0.3) is 0 Å². The molecule has 0 aliphatic rings. The highest BCUT2D eigenvalue weighted by molar-refractivity contribution is 7.09. The van der Waals surface area contributed by atoms with Gasteiger partial charge in [0.2, 0.25) is 0 Å². The quantitative estimate of drug-likeness (QED) is 0.825. The van der Waals surface area contributed by atoms with Crippen molar-refractivity contribution >= 4 is 11.3 Å². The van der Waals surface area contributed by atoms with Crippen LogP contribution in [0.3, 0.4) is 0 Å². The van der Waals surface area contributed by atoms with Gasteiger partial charge >= 0.3 is 0 Å². The average molecular weight is 269 g/mol. The van der Waals surface area contributed by atoms with Crippen molar-refractivity contribution in [1.82, 2.24) is 15.2 Å². The van der Waals surface area contributed by atoms with E-state index >= 15 is 0 Å². The van der Waals surface area contributed by atoms with E-state index in [2.05, 4.69) is 56.9 Å². The molecular weight excluding hydrogens is 242 g/mol. The van der Waals surface area contributed by atoms with Crippen LogP contribution < -0.4 is 5.32 Å². The van der Waals surface area contributed by atoms with E-state index in [4.69, 9.17) is 0 Å². The molecule has 0 bridgehead atoms. The highest BCUT2D eigenvalue weighted by Crippen LogP contribution is 2.19. The highest BCUT2D eigenvalue weighted by Gasteiger charge is 2.20. The Labute approximate surface area is 116 Å². The van der Waals surface area contributed by atoms with Gasteiger partial charge in [0, 0.05) is 30.6 Å². The number of aromatic nitrogens is 1. The van der Waals surface area contributed by atoms with Gasteiger partial charge in [0.05, 0.1) is 11.2 Å². The first kappa shape index (κ1) is 15.6. The average Bonchev–Trinajstić information content (AvgIpc) is 2.61. The van der Waals surface area contributed by atoms with Crippen molar-refractivity contribution in [2.75, 3.05) is 20.1 Å². The topological polar surface area (TPSA) is 28.2 Å².